The summed E-state index contributed by atoms with van der Waals surface area (Å²) in [5.41, 5.74) is 0.429. The molecule has 1 fully saturated rings. The average Bonchev–Trinajstić information content (AvgIpc) is 3.32. The number of aromatic nitrogens is 1. The molecule has 0 spiro atoms. The SMILES string of the molecule is Cc1c(C(C)(C)C)sc(=NC(=O)c2ccc(C(F)(F)F)cc2)n1CC1CC1. The molecule has 1 aliphatic carbocycles. The zero-order valence-electron chi connectivity index (χ0n) is 15.9. The molecule has 1 aromatic carbocycles. The van der Waals surface area contributed by atoms with Gasteiger partial charge in [-0.25, -0.2) is 0 Å². The monoisotopic (exact) mass is 396 g/mol. The second-order valence-electron chi connectivity index (χ2n) is 8.10. The van der Waals surface area contributed by atoms with Crippen LogP contribution >= 0.6 is 11.3 Å². The fourth-order valence-electron chi connectivity index (χ4n) is 2.99. The summed E-state index contributed by atoms with van der Waals surface area (Å²) in [6.45, 7) is 9.23. The van der Waals surface area contributed by atoms with Crippen LogP contribution in [-0.2, 0) is 18.1 Å². The summed E-state index contributed by atoms with van der Waals surface area (Å²) in [5.74, 6) is 0.0984. The fraction of sp³-hybridized carbons (Fsp3) is 0.500. The van der Waals surface area contributed by atoms with Crippen molar-refractivity contribution >= 4 is 17.2 Å². The van der Waals surface area contributed by atoms with Gasteiger partial charge in [-0.05, 0) is 55.4 Å². The van der Waals surface area contributed by atoms with Gasteiger partial charge in [-0.2, -0.15) is 18.2 Å². The second kappa shape index (κ2) is 6.93. The van der Waals surface area contributed by atoms with E-state index in [4.69, 9.17) is 0 Å². The number of halogens is 3. The van der Waals surface area contributed by atoms with Gasteiger partial charge in [-0.15, -0.1) is 11.3 Å². The maximum absolute atomic E-state index is 12.7. The van der Waals surface area contributed by atoms with Crippen LogP contribution in [-0.4, -0.2) is 10.5 Å². The van der Waals surface area contributed by atoms with Crippen molar-refractivity contribution in [2.45, 2.75) is 58.7 Å². The molecule has 0 atom stereocenters. The molecular weight excluding hydrogens is 373 g/mol. The van der Waals surface area contributed by atoms with Crippen molar-refractivity contribution in [2.24, 2.45) is 10.9 Å². The summed E-state index contributed by atoms with van der Waals surface area (Å²) in [6.07, 6.45) is -2.06. The highest BCUT2D eigenvalue weighted by molar-refractivity contribution is 7.09. The largest absolute Gasteiger partial charge is 0.416 e. The van der Waals surface area contributed by atoms with Crippen LogP contribution in [0.25, 0.3) is 0 Å². The van der Waals surface area contributed by atoms with Crippen molar-refractivity contribution in [2.75, 3.05) is 0 Å². The molecule has 1 amide bonds. The first kappa shape index (κ1) is 19.9. The number of amides is 1. The Bertz CT molecular complexity index is 911. The lowest BCUT2D eigenvalue weighted by molar-refractivity contribution is -0.137. The number of rotatable bonds is 3. The number of carbonyl (C=O) groups is 1. The number of thiazole rings is 1. The van der Waals surface area contributed by atoms with Crippen LogP contribution in [0.4, 0.5) is 13.2 Å². The highest BCUT2D eigenvalue weighted by Crippen LogP contribution is 2.33. The normalized spacial score (nSPS) is 16.0. The minimum Gasteiger partial charge on any atom is -0.320 e. The van der Waals surface area contributed by atoms with Crippen LogP contribution in [0.15, 0.2) is 29.3 Å². The Morgan fingerprint density at radius 3 is 2.26 bits per heavy atom. The Morgan fingerprint density at radius 1 is 1.19 bits per heavy atom. The minimum atomic E-state index is -4.42. The van der Waals surface area contributed by atoms with Gasteiger partial charge in [-0.1, -0.05) is 20.8 Å². The fourth-order valence-corrected chi connectivity index (χ4v) is 4.19. The molecule has 3 rings (SSSR count). The molecule has 0 bridgehead atoms. The molecule has 146 valence electrons. The third-order valence-electron chi connectivity index (χ3n) is 4.63. The molecule has 0 radical (unpaired) electrons. The average molecular weight is 396 g/mol. The highest BCUT2D eigenvalue weighted by atomic mass is 32.1. The van der Waals surface area contributed by atoms with E-state index in [1.807, 2.05) is 6.92 Å². The van der Waals surface area contributed by atoms with Crippen LogP contribution in [0.2, 0.25) is 0 Å². The third-order valence-corrected chi connectivity index (χ3v) is 6.24. The Hall–Kier alpha value is -1.89. The topological polar surface area (TPSA) is 34.4 Å². The molecule has 0 unspecified atom stereocenters. The van der Waals surface area contributed by atoms with Crippen molar-refractivity contribution in [1.29, 1.82) is 0 Å². The lowest BCUT2D eigenvalue weighted by atomic mass is 9.93. The second-order valence-corrected chi connectivity index (χ2v) is 9.07. The van der Waals surface area contributed by atoms with Crippen LogP contribution in [0.5, 0.6) is 0 Å². The lowest BCUT2D eigenvalue weighted by Crippen LogP contribution is -2.20. The predicted molar refractivity (Wildman–Crippen MR) is 99.8 cm³/mol. The number of alkyl halides is 3. The first-order valence-electron chi connectivity index (χ1n) is 8.94. The van der Waals surface area contributed by atoms with E-state index in [9.17, 15) is 18.0 Å². The zero-order valence-corrected chi connectivity index (χ0v) is 16.7. The van der Waals surface area contributed by atoms with E-state index in [0.29, 0.717) is 10.7 Å². The van der Waals surface area contributed by atoms with E-state index < -0.39 is 17.6 Å². The molecule has 2 aromatic rings. The molecule has 27 heavy (non-hydrogen) atoms. The summed E-state index contributed by atoms with van der Waals surface area (Å²) < 4.78 is 40.2. The molecule has 0 saturated heterocycles. The molecule has 1 aromatic heterocycles. The van der Waals surface area contributed by atoms with Gasteiger partial charge < -0.3 is 4.57 Å². The van der Waals surface area contributed by atoms with Gasteiger partial charge in [0.25, 0.3) is 5.91 Å². The Balaban J connectivity index is 1.98. The predicted octanol–water partition coefficient (Wildman–Crippen LogP) is 5.33. The maximum Gasteiger partial charge on any atom is 0.416 e. The van der Waals surface area contributed by atoms with Crippen molar-refractivity contribution in [3.8, 4) is 0 Å². The Labute approximate surface area is 160 Å². The van der Waals surface area contributed by atoms with Gasteiger partial charge in [0.1, 0.15) is 0 Å². The van der Waals surface area contributed by atoms with Gasteiger partial charge in [0.05, 0.1) is 5.56 Å². The molecule has 3 nitrogen and oxygen atoms in total. The van der Waals surface area contributed by atoms with E-state index in [2.05, 4.69) is 30.3 Å². The number of nitrogens with zero attached hydrogens (tertiary/aromatic N) is 2. The highest BCUT2D eigenvalue weighted by Gasteiger charge is 2.30. The van der Waals surface area contributed by atoms with Crippen LogP contribution in [0, 0.1) is 12.8 Å². The summed E-state index contributed by atoms with van der Waals surface area (Å²) in [6, 6.07) is 4.21. The number of hydrogen-bond donors (Lipinski definition) is 0. The van der Waals surface area contributed by atoms with Crippen molar-refractivity contribution in [3.05, 3.63) is 50.8 Å². The van der Waals surface area contributed by atoms with Crippen LogP contribution < -0.4 is 4.80 Å². The number of hydrogen-bond acceptors (Lipinski definition) is 2. The summed E-state index contributed by atoms with van der Waals surface area (Å²) in [7, 11) is 0. The van der Waals surface area contributed by atoms with Crippen LogP contribution in [0.3, 0.4) is 0 Å². The molecule has 0 aliphatic heterocycles. The lowest BCUT2D eigenvalue weighted by Gasteiger charge is -2.17. The molecule has 1 aliphatic rings. The summed E-state index contributed by atoms with van der Waals surface area (Å²) >= 11 is 1.49. The van der Waals surface area contributed by atoms with E-state index in [1.54, 1.807) is 0 Å². The standard InChI is InChI=1S/C20H23F3N2OS/c1-12-16(19(2,3)4)27-18(25(12)11-13-5-6-13)24-17(26)14-7-9-15(10-8-14)20(21,22)23/h7-10,13H,5-6,11H2,1-4H3. The van der Waals surface area contributed by atoms with Crippen molar-refractivity contribution in [1.82, 2.24) is 4.57 Å². The summed E-state index contributed by atoms with van der Waals surface area (Å²) in [5, 5.41) is 0. The van der Waals surface area contributed by atoms with Gasteiger partial charge in [0, 0.05) is 22.7 Å². The Kier molecular flexibility index (Phi) is 5.10. The first-order chi connectivity index (χ1) is 12.5. The van der Waals surface area contributed by atoms with E-state index in [0.717, 1.165) is 24.4 Å². The summed E-state index contributed by atoms with van der Waals surface area (Å²) in [4.78, 5) is 18.6. The van der Waals surface area contributed by atoms with Gasteiger partial charge in [0.2, 0.25) is 0 Å². The molecule has 1 heterocycles. The molecule has 7 heteroatoms. The van der Waals surface area contributed by atoms with Crippen molar-refractivity contribution < 1.29 is 18.0 Å². The minimum absolute atomic E-state index is 0.0643. The van der Waals surface area contributed by atoms with Gasteiger partial charge in [0.15, 0.2) is 4.80 Å². The Morgan fingerprint density at radius 2 is 1.78 bits per heavy atom. The number of carbonyl (C=O) groups excluding carboxylic acids is 1. The maximum atomic E-state index is 12.7. The molecular formula is C20H23F3N2OS. The molecule has 0 N–H and O–H groups in total. The smallest absolute Gasteiger partial charge is 0.320 e. The zero-order chi connectivity index (χ0) is 20.0. The number of benzene rings is 1. The van der Waals surface area contributed by atoms with E-state index in [-0.39, 0.29) is 11.0 Å². The quantitative estimate of drug-likeness (QED) is 0.691. The van der Waals surface area contributed by atoms with Crippen LogP contribution in [0.1, 0.15) is 60.1 Å². The molecule has 1 saturated carbocycles. The van der Waals surface area contributed by atoms with E-state index in [1.165, 1.54) is 41.2 Å². The third kappa shape index (κ3) is 4.51. The van der Waals surface area contributed by atoms with Crippen molar-refractivity contribution in [3.63, 3.8) is 0 Å². The van der Waals surface area contributed by atoms with E-state index >= 15 is 0 Å². The van der Waals surface area contributed by atoms with Gasteiger partial charge >= 0.3 is 6.18 Å². The first-order valence-corrected chi connectivity index (χ1v) is 9.75. The van der Waals surface area contributed by atoms with Gasteiger partial charge in [-0.3, -0.25) is 4.79 Å².